The monoisotopic (exact) mass is 468 g/mol. The van der Waals surface area contributed by atoms with Crippen molar-refractivity contribution in [3.63, 3.8) is 0 Å². The van der Waals surface area contributed by atoms with E-state index >= 15 is 0 Å². The van der Waals surface area contributed by atoms with Crippen molar-refractivity contribution in [2.45, 2.75) is 20.8 Å². The molecule has 0 saturated carbocycles. The molecule has 0 bridgehead atoms. The number of ether oxygens (including phenoxy) is 2. The molecule has 0 unspecified atom stereocenters. The normalized spacial score (nSPS) is 10.8. The highest BCUT2D eigenvalue weighted by atomic mass is 127. The van der Waals surface area contributed by atoms with Gasteiger partial charge in [-0.3, -0.25) is 4.79 Å². The highest BCUT2D eigenvalue weighted by Crippen LogP contribution is 2.32. The fraction of sp³-hybridized carbons (Fsp3) is 0.263. The quantitative estimate of drug-likeness (QED) is 0.370. The fourth-order valence-corrected chi connectivity index (χ4v) is 2.94. The van der Waals surface area contributed by atoms with Crippen LogP contribution in [-0.2, 0) is 4.79 Å². The Kier molecular flexibility index (Phi) is 7.26. The lowest BCUT2D eigenvalue weighted by Gasteiger charge is -2.08. The van der Waals surface area contributed by atoms with Crippen LogP contribution in [0, 0.1) is 17.4 Å². The van der Waals surface area contributed by atoms with Crippen molar-refractivity contribution >= 4 is 34.7 Å². The molecule has 2 N–H and O–H groups in total. The third kappa shape index (κ3) is 5.91. The van der Waals surface area contributed by atoms with Gasteiger partial charge in [0.05, 0.1) is 16.4 Å². The Morgan fingerprint density at radius 1 is 1.19 bits per heavy atom. The number of aromatic hydroxyl groups is 1. The summed E-state index contributed by atoms with van der Waals surface area (Å²) in [5, 5.41) is 13.8. The molecule has 2 aromatic rings. The second-order valence-electron chi connectivity index (χ2n) is 5.69. The molecule has 0 spiro atoms. The smallest absolute Gasteiger partial charge is 0.277 e. The van der Waals surface area contributed by atoms with Crippen LogP contribution < -0.4 is 14.9 Å². The van der Waals surface area contributed by atoms with E-state index in [1.165, 1.54) is 6.21 Å². The predicted molar refractivity (Wildman–Crippen MR) is 109 cm³/mol. The number of nitrogens with zero attached hydrogens (tertiary/aromatic N) is 1. The zero-order chi connectivity index (χ0) is 19.1. The Bertz CT molecular complexity index is 801. The van der Waals surface area contributed by atoms with Crippen molar-refractivity contribution in [2.24, 2.45) is 5.10 Å². The van der Waals surface area contributed by atoms with Gasteiger partial charge in [0.1, 0.15) is 5.75 Å². The van der Waals surface area contributed by atoms with E-state index in [0.29, 0.717) is 27.2 Å². The van der Waals surface area contributed by atoms with Crippen molar-refractivity contribution < 1.29 is 19.4 Å². The number of rotatable bonds is 7. The van der Waals surface area contributed by atoms with E-state index in [1.807, 2.05) is 61.6 Å². The summed E-state index contributed by atoms with van der Waals surface area (Å²) in [6.07, 6.45) is 1.48. The number of phenols is 1. The number of halogens is 1. The van der Waals surface area contributed by atoms with Crippen LogP contribution in [0.15, 0.2) is 35.4 Å². The lowest BCUT2D eigenvalue weighted by atomic mass is 10.1. The molecule has 0 heterocycles. The number of hydrogen-bond acceptors (Lipinski definition) is 5. The van der Waals surface area contributed by atoms with Crippen LogP contribution in [0.4, 0.5) is 0 Å². The van der Waals surface area contributed by atoms with E-state index in [1.54, 1.807) is 12.1 Å². The second-order valence-corrected chi connectivity index (χ2v) is 6.85. The van der Waals surface area contributed by atoms with Crippen molar-refractivity contribution in [3.05, 3.63) is 50.6 Å². The topological polar surface area (TPSA) is 80.2 Å². The van der Waals surface area contributed by atoms with E-state index in [2.05, 4.69) is 10.5 Å². The number of aryl methyl sites for hydroxylation is 2. The summed E-state index contributed by atoms with van der Waals surface area (Å²) < 4.78 is 11.5. The fourth-order valence-electron chi connectivity index (χ4n) is 2.31. The molecule has 2 rings (SSSR count). The van der Waals surface area contributed by atoms with Crippen LogP contribution in [0.25, 0.3) is 0 Å². The maximum atomic E-state index is 11.9. The molecule has 0 radical (unpaired) electrons. The number of benzene rings is 2. The van der Waals surface area contributed by atoms with Gasteiger partial charge in [0.2, 0.25) is 0 Å². The van der Waals surface area contributed by atoms with Crippen LogP contribution in [0.2, 0.25) is 0 Å². The molecule has 1 amide bonds. The average Bonchev–Trinajstić information content (AvgIpc) is 2.57. The number of nitrogens with one attached hydrogen (secondary N) is 1. The van der Waals surface area contributed by atoms with Crippen molar-refractivity contribution in [1.29, 1.82) is 0 Å². The molecule has 7 heteroatoms. The van der Waals surface area contributed by atoms with Crippen LogP contribution in [-0.4, -0.2) is 30.4 Å². The van der Waals surface area contributed by atoms with Gasteiger partial charge in [0.25, 0.3) is 5.91 Å². The summed E-state index contributed by atoms with van der Waals surface area (Å²) in [5.41, 5.74) is 5.27. The van der Waals surface area contributed by atoms with E-state index in [0.717, 1.165) is 11.1 Å². The molecular formula is C19H21IN2O4. The number of hydrogen-bond donors (Lipinski definition) is 2. The van der Waals surface area contributed by atoms with E-state index in [4.69, 9.17) is 9.47 Å². The van der Waals surface area contributed by atoms with Crippen molar-refractivity contribution in [1.82, 2.24) is 5.43 Å². The maximum absolute atomic E-state index is 11.9. The van der Waals surface area contributed by atoms with Gasteiger partial charge in [-0.25, -0.2) is 5.43 Å². The van der Waals surface area contributed by atoms with Gasteiger partial charge < -0.3 is 14.6 Å². The van der Waals surface area contributed by atoms with Gasteiger partial charge in [0, 0.05) is 0 Å². The molecule has 6 nitrogen and oxygen atoms in total. The average molecular weight is 468 g/mol. The van der Waals surface area contributed by atoms with Gasteiger partial charge in [-0.2, -0.15) is 5.10 Å². The molecule has 0 fully saturated rings. The Morgan fingerprint density at radius 2 is 1.88 bits per heavy atom. The number of amides is 1. The van der Waals surface area contributed by atoms with E-state index in [-0.39, 0.29) is 18.3 Å². The van der Waals surface area contributed by atoms with Crippen LogP contribution in [0.3, 0.4) is 0 Å². The highest BCUT2D eigenvalue weighted by Gasteiger charge is 2.08. The van der Waals surface area contributed by atoms with Crippen LogP contribution in [0.1, 0.15) is 23.6 Å². The van der Waals surface area contributed by atoms with E-state index < -0.39 is 0 Å². The van der Waals surface area contributed by atoms with Gasteiger partial charge in [-0.05, 0) is 84.3 Å². The minimum atomic E-state index is -0.362. The van der Waals surface area contributed by atoms with E-state index in [9.17, 15) is 9.90 Å². The van der Waals surface area contributed by atoms with Gasteiger partial charge in [-0.1, -0.05) is 6.07 Å². The Hall–Kier alpha value is -2.29. The first-order valence-electron chi connectivity index (χ1n) is 8.07. The Morgan fingerprint density at radius 3 is 2.54 bits per heavy atom. The first-order chi connectivity index (χ1) is 12.4. The maximum Gasteiger partial charge on any atom is 0.277 e. The number of carbonyl (C=O) groups is 1. The molecule has 0 aliphatic rings. The summed E-state index contributed by atoms with van der Waals surface area (Å²) in [5.74, 6) is 0.760. The van der Waals surface area contributed by atoms with Gasteiger partial charge in [0.15, 0.2) is 18.1 Å². The predicted octanol–water partition coefficient (Wildman–Crippen LogP) is 3.54. The summed E-state index contributed by atoms with van der Waals surface area (Å²) in [6, 6.07) is 9.17. The summed E-state index contributed by atoms with van der Waals surface area (Å²) in [6.45, 7) is 6.09. The molecule has 0 saturated heterocycles. The van der Waals surface area contributed by atoms with Gasteiger partial charge >= 0.3 is 0 Å². The number of carbonyl (C=O) groups excluding carboxylic acids is 1. The van der Waals surface area contributed by atoms with Gasteiger partial charge in [-0.15, -0.1) is 0 Å². The first-order valence-corrected chi connectivity index (χ1v) is 9.15. The molecule has 0 atom stereocenters. The summed E-state index contributed by atoms with van der Waals surface area (Å²) >= 11 is 2.01. The molecule has 0 aliphatic heterocycles. The highest BCUT2D eigenvalue weighted by molar-refractivity contribution is 14.1. The molecule has 26 heavy (non-hydrogen) atoms. The minimum Gasteiger partial charge on any atom is -0.504 e. The van der Waals surface area contributed by atoms with Crippen molar-refractivity contribution in [3.8, 4) is 17.2 Å². The third-order valence-electron chi connectivity index (χ3n) is 3.32. The van der Waals surface area contributed by atoms with Crippen molar-refractivity contribution in [2.75, 3.05) is 13.2 Å². The molecule has 2 aromatic carbocycles. The Labute approximate surface area is 166 Å². The standard InChI is InChI=1S/C19H21IN2O4/c1-4-25-17-9-14(8-16(20)19(17)24)10-21-22-18(23)11-26-15-6-12(2)5-13(3)7-15/h5-10,24H,4,11H2,1-3H3,(H,22,23). The molecule has 0 aliphatic carbocycles. The second kappa shape index (κ2) is 9.42. The van der Waals surface area contributed by atoms with Crippen LogP contribution >= 0.6 is 22.6 Å². The third-order valence-corrected chi connectivity index (χ3v) is 4.14. The first kappa shape index (κ1) is 20.0. The molecule has 138 valence electrons. The SMILES string of the molecule is CCOc1cc(C=NNC(=O)COc2cc(C)cc(C)c2)cc(I)c1O. The summed E-state index contributed by atoms with van der Waals surface area (Å²) in [7, 11) is 0. The Balaban J connectivity index is 1.92. The molecule has 0 aromatic heterocycles. The zero-order valence-electron chi connectivity index (χ0n) is 14.9. The molecular weight excluding hydrogens is 447 g/mol. The lowest BCUT2D eigenvalue weighted by Crippen LogP contribution is -2.24. The largest absolute Gasteiger partial charge is 0.504 e. The lowest BCUT2D eigenvalue weighted by molar-refractivity contribution is -0.123. The van der Waals surface area contributed by atoms with Crippen LogP contribution in [0.5, 0.6) is 17.2 Å². The zero-order valence-corrected chi connectivity index (χ0v) is 17.0. The minimum absolute atomic E-state index is 0.0930. The summed E-state index contributed by atoms with van der Waals surface area (Å²) in [4.78, 5) is 11.9. The number of hydrazone groups is 1. The number of phenolic OH excluding ortho intramolecular Hbond substituents is 1.